The minimum Gasteiger partial charge on any atom is -0.490 e. The highest BCUT2D eigenvalue weighted by Crippen LogP contribution is 2.14. The predicted octanol–water partition coefficient (Wildman–Crippen LogP) is 3.25. The summed E-state index contributed by atoms with van der Waals surface area (Å²) < 4.78 is 15.8. The van der Waals surface area contributed by atoms with E-state index in [9.17, 15) is 4.79 Å². The molecule has 0 heterocycles. The largest absolute Gasteiger partial charge is 0.490 e. The fraction of sp³-hybridized carbons (Fsp3) is 0.278. The van der Waals surface area contributed by atoms with Gasteiger partial charge in [-0.1, -0.05) is 30.3 Å². The Kier molecular flexibility index (Phi) is 6.30. The van der Waals surface area contributed by atoms with Gasteiger partial charge in [-0.25, -0.2) is 0 Å². The van der Waals surface area contributed by atoms with Crippen LogP contribution in [0.25, 0.3) is 0 Å². The van der Waals surface area contributed by atoms with Crippen LogP contribution < -0.4 is 9.47 Å². The third-order valence-corrected chi connectivity index (χ3v) is 3.13. The van der Waals surface area contributed by atoms with E-state index in [0.29, 0.717) is 26.1 Å². The van der Waals surface area contributed by atoms with Gasteiger partial charge in [-0.15, -0.1) is 0 Å². The number of methoxy groups -OCH3 is 1. The monoisotopic (exact) mass is 300 g/mol. The van der Waals surface area contributed by atoms with Gasteiger partial charge in [-0.05, 0) is 36.2 Å². The van der Waals surface area contributed by atoms with Gasteiger partial charge in [-0.3, -0.25) is 4.79 Å². The molecule has 22 heavy (non-hydrogen) atoms. The maximum Gasteiger partial charge on any atom is 0.305 e. The second kappa shape index (κ2) is 8.72. The zero-order valence-electron chi connectivity index (χ0n) is 12.7. The minimum absolute atomic E-state index is 0.196. The van der Waals surface area contributed by atoms with E-state index in [1.807, 2.05) is 54.6 Å². The average molecular weight is 300 g/mol. The van der Waals surface area contributed by atoms with Crippen molar-refractivity contribution in [1.82, 2.24) is 0 Å². The van der Waals surface area contributed by atoms with Gasteiger partial charge in [0.05, 0.1) is 7.11 Å². The molecule has 0 atom stereocenters. The lowest BCUT2D eigenvalue weighted by molar-refractivity contribution is -0.140. The van der Waals surface area contributed by atoms with Crippen LogP contribution in [0.4, 0.5) is 0 Å². The SMILES string of the molecule is COC(=O)CCc1ccc(OCCOc2ccccc2)cc1. The van der Waals surface area contributed by atoms with Crippen molar-refractivity contribution in [3.05, 3.63) is 60.2 Å². The number of carbonyl (C=O) groups is 1. The molecule has 0 aromatic heterocycles. The summed E-state index contributed by atoms with van der Waals surface area (Å²) in [4.78, 5) is 11.1. The first-order chi connectivity index (χ1) is 10.8. The van der Waals surface area contributed by atoms with Gasteiger partial charge in [0.1, 0.15) is 24.7 Å². The Hall–Kier alpha value is -2.49. The lowest BCUT2D eigenvalue weighted by Gasteiger charge is -2.09. The molecule has 0 bridgehead atoms. The van der Waals surface area contributed by atoms with Crippen molar-refractivity contribution in [2.45, 2.75) is 12.8 Å². The summed E-state index contributed by atoms with van der Waals surface area (Å²) in [6.45, 7) is 0.977. The second-order valence-electron chi connectivity index (χ2n) is 4.73. The zero-order valence-corrected chi connectivity index (χ0v) is 12.7. The fourth-order valence-corrected chi connectivity index (χ4v) is 1.94. The summed E-state index contributed by atoms with van der Waals surface area (Å²) in [6, 6.07) is 17.3. The highest BCUT2D eigenvalue weighted by molar-refractivity contribution is 5.69. The molecule has 2 aromatic carbocycles. The molecule has 116 valence electrons. The third kappa shape index (κ3) is 5.48. The third-order valence-electron chi connectivity index (χ3n) is 3.13. The smallest absolute Gasteiger partial charge is 0.305 e. The van der Waals surface area contributed by atoms with Crippen LogP contribution in [0.5, 0.6) is 11.5 Å². The number of hydrogen-bond acceptors (Lipinski definition) is 4. The topological polar surface area (TPSA) is 44.8 Å². The minimum atomic E-state index is -0.196. The van der Waals surface area contributed by atoms with Gasteiger partial charge in [0.2, 0.25) is 0 Å². The summed E-state index contributed by atoms with van der Waals surface area (Å²) >= 11 is 0. The van der Waals surface area contributed by atoms with Gasteiger partial charge in [0.15, 0.2) is 0 Å². The second-order valence-corrected chi connectivity index (χ2v) is 4.73. The fourth-order valence-electron chi connectivity index (χ4n) is 1.94. The van der Waals surface area contributed by atoms with Crippen LogP contribution in [-0.2, 0) is 16.0 Å². The Bertz CT molecular complexity index is 563. The van der Waals surface area contributed by atoms with Gasteiger partial charge in [0.25, 0.3) is 0 Å². The molecule has 0 aliphatic rings. The molecule has 0 unspecified atom stereocenters. The molecule has 0 spiro atoms. The molecule has 0 saturated carbocycles. The molecule has 0 saturated heterocycles. The summed E-state index contributed by atoms with van der Waals surface area (Å²) in [7, 11) is 1.40. The van der Waals surface area contributed by atoms with Crippen LogP contribution in [0, 0.1) is 0 Å². The highest BCUT2D eigenvalue weighted by Gasteiger charge is 2.02. The van der Waals surface area contributed by atoms with Crippen LogP contribution in [0.3, 0.4) is 0 Å². The quantitative estimate of drug-likeness (QED) is 0.554. The lowest BCUT2D eigenvalue weighted by atomic mass is 10.1. The van der Waals surface area contributed by atoms with E-state index in [1.54, 1.807) is 0 Å². The molecule has 0 aliphatic heterocycles. The predicted molar refractivity (Wildman–Crippen MR) is 84.2 cm³/mol. The zero-order chi connectivity index (χ0) is 15.6. The van der Waals surface area contributed by atoms with Gasteiger partial charge in [0, 0.05) is 6.42 Å². The first-order valence-electron chi connectivity index (χ1n) is 7.24. The normalized spacial score (nSPS) is 10.0. The van der Waals surface area contributed by atoms with E-state index in [1.165, 1.54) is 7.11 Å². The number of hydrogen-bond donors (Lipinski definition) is 0. The van der Waals surface area contributed by atoms with Crippen LogP contribution in [0.15, 0.2) is 54.6 Å². The summed E-state index contributed by atoms with van der Waals surface area (Å²) in [6.07, 6.45) is 1.06. The van der Waals surface area contributed by atoms with Crippen molar-refractivity contribution in [3.8, 4) is 11.5 Å². The van der Waals surface area contributed by atoms with Gasteiger partial charge < -0.3 is 14.2 Å². The van der Waals surface area contributed by atoms with Crippen molar-refractivity contribution in [3.63, 3.8) is 0 Å². The van der Waals surface area contributed by atoms with Crippen molar-refractivity contribution < 1.29 is 19.0 Å². The summed E-state index contributed by atoms with van der Waals surface area (Å²) in [5, 5.41) is 0. The van der Waals surface area contributed by atoms with E-state index in [4.69, 9.17) is 9.47 Å². The Morgan fingerprint density at radius 2 is 1.45 bits per heavy atom. The molecule has 4 nitrogen and oxygen atoms in total. The van der Waals surface area contributed by atoms with Gasteiger partial charge in [-0.2, -0.15) is 0 Å². The maximum absolute atomic E-state index is 11.1. The number of ether oxygens (including phenoxy) is 3. The molecule has 0 fully saturated rings. The molecular weight excluding hydrogens is 280 g/mol. The highest BCUT2D eigenvalue weighted by atomic mass is 16.5. The number of esters is 1. The van der Waals surface area contributed by atoms with E-state index in [-0.39, 0.29) is 5.97 Å². The lowest BCUT2D eigenvalue weighted by Crippen LogP contribution is -2.08. The van der Waals surface area contributed by atoms with Crippen LogP contribution in [0.2, 0.25) is 0 Å². The molecule has 0 radical (unpaired) electrons. The van der Waals surface area contributed by atoms with Crippen LogP contribution in [-0.4, -0.2) is 26.3 Å². The van der Waals surface area contributed by atoms with Crippen molar-refractivity contribution in [1.29, 1.82) is 0 Å². The molecule has 0 amide bonds. The number of benzene rings is 2. The van der Waals surface area contributed by atoms with Crippen molar-refractivity contribution >= 4 is 5.97 Å². The Morgan fingerprint density at radius 1 is 0.864 bits per heavy atom. The van der Waals surface area contributed by atoms with E-state index >= 15 is 0 Å². The number of carbonyl (C=O) groups excluding carboxylic acids is 1. The van der Waals surface area contributed by atoms with Crippen LogP contribution >= 0.6 is 0 Å². The Balaban J connectivity index is 1.69. The molecular formula is C18H20O4. The molecule has 0 aliphatic carbocycles. The first kappa shape index (κ1) is 15.9. The Labute approximate surface area is 130 Å². The van der Waals surface area contributed by atoms with Crippen molar-refractivity contribution in [2.24, 2.45) is 0 Å². The van der Waals surface area contributed by atoms with E-state index in [2.05, 4.69) is 4.74 Å². The molecule has 0 N–H and O–H groups in total. The van der Waals surface area contributed by atoms with E-state index < -0.39 is 0 Å². The molecule has 2 rings (SSSR count). The number of rotatable bonds is 8. The van der Waals surface area contributed by atoms with Gasteiger partial charge >= 0.3 is 5.97 Å². The summed E-state index contributed by atoms with van der Waals surface area (Å²) in [5.74, 6) is 1.43. The molecule has 2 aromatic rings. The van der Waals surface area contributed by atoms with Crippen molar-refractivity contribution in [2.75, 3.05) is 20.3 Å². The average Bonchev–Trinajstić information content (AvgIpc) is 2.58. The number of para-hydroxylation sites is 1. The maximum atomic E-state index is 11.1. The van der Waals surface area contributed by atoms with Crippen LogP contribution in [0.1, 0.15) is 12.0 Å². The Morgan fingerprint density at radius 3 is 2.05 bits per heavy atom. The number of aryl methyl sites for hydroxylation is 1. The summed E-state index contributed by atoms with van der Waals surface area (Å²) in [5.41, 5.74) is 1.08. The first-order valence-corrected chi connectivity index (χ1v) is 7.24. The standard InChI is InChI=1S/C18H20O4/c1-20-18(19)12-9-15-7-10-17(11-8-15)22-14-13-21-16-5-3-2-4-6-16/h2-8,10-11H,9,12-14H2,1H3. The molecule has 4 heteroatoms. The van der Waals surface area contributed by atoms with E-state index in [0.717, 1.165) is 17.1 Å².